The molecule has 3 saturated heterocycles. The number of amides is 7. The Morgan fingerprint density at radius 1 is 0.508 bits per heavy atom. The highest BCUT2D eigenvalue weighted by Gasteiger charge is 2.52. The Kier molecular flexibility index (Phi) is 26.0. The number of carbonyl (C=O) groups excluding carboxylic acids is 7. The molecule has 42 heteroatoms. The number of halogens is 2. The fourth-order valence-corrected chi connectivity index (χ4v) is 16.0. The lowest BCUT2D eigenvalue weighted by atomic mass is 9.89. The first-order valence-electron chi connectivity index (χ1n) is 38.8. The van der Waals surface area contributed by atoms with Crippen molar-refractivity contribution in [1.29, 1.82) is 0 Å². The summed E-state index contributed by atoms with van der Waals surface area (Å²) in [7, 11) is 0. The van der Waals surface area contributed by atoms with Crippen LogP contribution in [-0.4, -0.2) is 248 Å². The molecule has 7 aromatic carbocycles. The van der Waals surface area contributed by atoms with Gasteiger partial charge in [0.05, 0.1) is 36.0 Å². The number of fused-ring (bicyclic) bond motifs is 14. The number of hydrogen-bond acceptors (Lipinski definition) is 32. The Morgan fingerprint density at radius 3 is 1.65 bits per heavy atom. The third kappa shape index (κ3) is 18.2. The minimum absolute atomic E-state index is 0.121. The number of aliphatic hydroxyl groups excluding tert-OH is 10. The van der Waals surface area contributed by atoms with Crippen LogP contribution in [0.2, 0.25) is 10.0 Å². The van der Waals surface area contributed by atoms with Crippen LogP contribution < -0.4 is 66.2 Å². The summed E-state index contributed by atoms with van der Waals surface area (Å²) in [6, 6.07) is 3.42. The van der Waals surface area contributed by atoms with Crippen LogP contribution in [0.4, 0.5) is 0 Å². The van der Waals surface area contributed by atoms with Gasteiger partial charge in [0.2, 0.25) is 59.7 Å². The van der Waals surface area contributed by atoms with Crippen molar-refractivity contribution >= 4 is 70.5 Å². The van der Waals surface area contributed by atoms with E-state index in [9.17, 15) is 86.2 Å². The number of aliphatic hydroxyl groups is 10. The van der Waals surface area contributed by atoms with Gasteiger partial charge in [0.15, 0.2) is 23.8 Å². The average molecular weight is 1770 g/mol. The standard InChI is InChI=1S/C82H86Cl2N8O32/c1-28(2)85-58-34-13-37(97)21-40(15-34)116-41-16-35(14-38(98)22-41)59-76(111)90-60-36-19-51(117-48-9-5-31(11-44(48)83)12-46(73(108)88-59)87-74(58)109)72(124-80-29(3)64(101)65(102)53(25-93)120-80)52(20-36)118-49-10-7-33(18-45(49)84)71(123-81-62(86-30(4)96)68(105)66(103)54(26-94)121-81)63-78(113)91-61(79(114)115)43-23-39(99)24-50(119-82-70(107)69(106)67(104)55(27-95)122-82)56(43)42-17-32(6-8-47(42)100)57(75(110)92-63)89-77(60)112/h5-11,13-24,28-29,46,53-55,57-71,80-82,85,93-95,97-107H,12,25-27H2,1-4H3,(H,86,96)(H,87,109)(H,88,108)(H,89,112)(H,90,111)(H,91,113)(H,92,110)(H,114,115)/t29?,46-,53?,54?,55?,57-,58-,59+,60-,61-,62?,63+,64?,65?,66?,67?,68?,69?,70?,71-,80?,81?,82?/m1/s1. The highest BCUT2D eigenvalue weighted by Crippen LogP contribution is 2.51. The summed E-state index contributed by atoms with van der Waals surface area (Å²) in [6.07, 6.45) is -27.9. The summed E-state index contributed by atoms with van der Waals surface area (Å²) >= 11 is 14.6. The van der Waals surface area contributed by atoms with Gasteiger partial charge in [-0.05, 0) is 126 Å². The molecule has 0 radical (unpaired) electrons. The molecule has 0 saturated carbocycles. The van der Waals surface area contributed by atoms with Crippen molar-refractivity contribution < 1.29 is 158 Å². The number of hydrogen-bond donors (Lipinski definition) is 23. The van der Waals surface area contributed by atoms with E-state index in [2.05, 4.69) is 42.5 Å². The van der Waals surface area contributed by atoms with Gasteiger partial charge < -0.3 is 156 Å². The number of carboxylic acid groups (broad SMARTS) is 1. The predicted molar refractivity (Wildman–Crippen MR) is 422 cm³/mol. The van der Waals surface area contributed by atoms with Crippen LogP contribution in [0.1, 0.15) is 103 Å². The van der Waals surface area contributed by atoms with Crippen LogP contribution in [0.5, 0.6) is 69.0 Å². The normalized spacial score (nSPS) is 30.1. The minimum Gasteiger partial charge on any atom is -0.508 e. The molecule has 9 aliphatic heterocycles. The molecule has 9 heterocycles. The maximum Gasteiger partial charge on any atom is 0.330 e. The van der Waals surface area contributed by atoms with E-state index in [-0.39, 0.29) is 44.5 Å². The monoisotopic (exact) mass is 1760 g/mol. The lowest BCUT2D eigenvalue weighted by Crippen LogP contribution is -2.65. The van der Waals surface area contributed by atoms with Crippen molar-refractivity contribution in [3.05, 3.63) is 164 Å². The molecule has 660 valence electrons. The number of ether oxygens (including phenoxy) is 9. The molecule has 0 spiro atoms. The smallest absolute Gasteiger partial charge is 0.330 e. The number of nitrogens with one attached hydrogen (secondary N) is 8. The second-order valence-electron chi connectivity index (χ2n) is 30.9. The topological polar surface area (TPSA) is 619 Å². The predicted octanol–water partition coefficient (Wildman–Crippen LogP) is 0.214. The Labute approximate surface area is 712 Å². The second-order valence-corrected chi connectivity index (χ2v) is 31.7. The molecule has 16 rings (SSSR count). The third-order valence-electron chi connectivity index (χ3n) is 21.8. The van der Waals surface area contributed by atoms with E-state index in [4.69, 9.17) is 65.8 Å². The van der Waals surface area contributed by atoms with Gasteiger partial charge in [-0.2, -0.15) is 0 Å². The third-order valence-corrected chi connectivity index (χ3v) is 22.4. The van der Waals surface area contributed by atoms with Crippen LogP contribution in [0.25, 0.3) is 11.1 Å². The van der Waals surface area contributed by atoms with Crippen molar-refractivity contribution in [3.8, 4) is 80.1 Å². The number of carbonyl (C=O) groups is 8. The number of phenolic OH excluding ortho intramolecular Hbond substituents is 4. The van der Waals surface area contributed by atoms with Crippen molar-refractivity contribution in [2.24, 2.45) is 5.92 Å². The molecule has 3 fully saturated rings. The number of carboxylic acids is 1. The Bertz CT molecular complexity index is 5320. The van der Waals surface area contributed by atoms with E-state index in [1.165, 1.54) is 49.4 Å². The largest absolute Gasteiger partial charge is 0.508 e. The van der Waals surface area contributed by atoms with Gasteiger partial charge in [-0.15, -0.1) is 0 Å². The lowest BCUT2D eigenvalue weighted by molar-refractivity contribution is -0.284. The zero-order valence-corrected chi connectivity index (χ0v) is 67.1. The van der Waals surface area contributed by atoms with Gasteiger partial charge in [0.25, 0.3) is 0 Å². The zero-order chi connectivity index (χ0) is 89.0. The highest BCUT2D eigenvalue weighted by molar-refractivity contribution is 6.32. The van der Waals surface area contributed by atoms with Gasteiger partial charge >= 0.3 is 5.97 Å². The summed E-state index contributed by atoms with van der Waals surface area (Å²) in [6.45, 7) is 2.80. The molecular weight excluding hydrogens is 1680 g/mol. The summed E-state index contributed by atoms with van der Waals surface area (Å²) in [5.74, 6) is -18.7. The summed E-state index contributed by atoms with van der Waals surface area (Å²) in [4.78, 5) is 124. The van der Waals surface area contributed by atoms with E-state index in [0.29, 0.717) is 0 Å². The lowest BCUT2D eigenvalue weighted by Gasteiger charge is -2.44. The van der Waals surface area contributed by atoms with E-state index in [1.54, 1.807) is 13.8 Å². The molecule has 9 aliphatic rings. The van der Waals surface area contributed by atoms with Crippen LogP contribution in [-0.2, 0) is 63.7 Å². The first-order valence-corrected chi connectivity index (χ1v) is 39.5. The fraction of sp³-hybridized carbons (Fsp3) is 0.390. The first-order chi connectivity index (χ1) is 59.0. The van der Waals surface area contributed by atoms with Crippen molar-refractivity contribution in [1.82, 2.24) is 42.5 Å². The molecule has 7 aromatic rings. The van der Waals surface area contributed by atoms with Crippen molar-refractivity contribution in [2.75, 3.05) is 19.8 Å². The highest BCUT2D eigenvalue weighted by atomic mass is 35.5. The van der Waals surface area contributed by atoms with Gasteiger partial charge in [0, 0.05) is 60.2 Å². The van der Waals surface area contributed by atoms with E-state index in [0.717, 1.165) is 79.7 Å². The molecule has 0 aromatic heterocycles. The number of phenols is 4. The fourth-order valence-electron chi connectivity index (χ4n) is 15.6. The number of aromatic hydroxyl groups is 4. The Morgan fingerprint density at radius 2 is 1.05 bits per heavy atom. The van der Waals surface area contributed by atoms with Crippen molar-refractivity contribution in [3.63, 3.8) is 0 Å². The number of rotatable bonds is 13. The minimum atomic E-state index is -2.55. The summed E-state index contributed by atoms with van der Waals surface area (Å²) in [5.41, 5.74) is -3.39. The van der Waals surface area contributed by atoms with Gasteiger partial charge in [-0.3, -0.25) is 38.9 Å². The maximum absolute atomic E-state index is 16.9. The molecular formula is C82H86Cl2N8O32. The van der Waals surface area contributed by atoms with Crippen LogP contribution in [0.15, 0.2) is 115 Å². The Balaban J connectivity index is 1.04. The maximum atomic E-state index is 16.9. The van der Waals surface area contributed by atoms with Gasteiger partial charge in [-0.25, -0.2) is 4.79 Å². The second kappa shape index (κ2) is 36.3. The summed E-state index contributed by atoms with van der Waals surface area (Å²) in [5, 5.41) is 189. The molecule has 17 bridgehead atoms. The van der Waals surface area contributed by atoms with E-state index in [1.807, 2.05) is 0 Å². The molecule has 124 heavy (non-hydrogen) atoms. The molecule has 23 atom stereocenters. The van der Waals surface area contributed by atoms with Crippen molar-refractivity contribution in [2.45, 2.75) is 175 Å². The molecule has 15 unspecified atom stereocenters. The SMILES string of the molecule is CC(=O)NC1C(O[C@@H]2c3ccc(c(Cl)c3)Oc3cc4cc(c3OC3OC(CO)C(O)C(O)C3C)Oc3ccc(cc3Cl)C[C@H]3NC(=O)[C@H](NC(C)C)c5cc(O)cc(c5)Oc5cc(O)cc(c5)[C@H](NC3=O)C(=O)N[C@H]4C(=O)N[C@H]3C(=O)N[C@@H]2C(=O)N[C@@H](C(=O)O)c2cc(O)cc(OC4OC(CO)C(O)C(O)C4O)c2-c2cc3ccc2O)OC(CO)C(O)C1O. The zero-order valence-electron chi connectivity index (χ0n) is 65.6. The molecule has 0 aliphatic carbocycles. The molecule has 7 amide bonds. The average Bonchev–Trinajstić information content (AvgIpc) is 0.765. The quantitative estimate of drug-likeness (QED) is 0.0734. The van der Waals surface area contributed by atoms with Crippen LogP contribution in [0, 0.1) is 5.92 Å². The van der Waals surface area contributed by atoms with E-state index >= 15 is 28.8 Å². The van der Waals surface area contributed by atoms with Crippen LogP contribution in [0.3, 0.4) is 0 Å². The van der Waals surface area contributed by atoms with E-state index < -0.39 is 304 Å². The number of aliphatic carboxylic acids is 1. The Hall–Kier alpha value is -11.5. The van der Waals surface area contributed by atoms with Crippen LogP contribution >= 0.6 is 23.2 Å². The first kappa shape index (κ1) is 88.8. The number of benzene rings is 7. The molecule has 23 N–H and O–H groups in total. The molecule has 40 nitrogen and oxygen atoms in total. The van der Waals surface area contributed by atoms with Gasteiger partial charge in [0.1, 0.15) is 155 Å². The van der Waals surface area contributed by atoms with Gasteiger partial charge in [-0.1, -0.05) is 48.3 Å². The summed E-state index contributed by atoms with van der Waals surface area (Å²) < 4.78 is 57.1.